The first-order valence-electron chi connectivity index (χ1n) is 6.15. The molecule has 2 heterocycles. The highest BCUT2D eigenvalue weighted by Gasteiger charge is 2.31. The number of hydrogen-bond acceptors (Lipinski definition) is 6. The topological polar surface area (TPSA) is 82.8 Å². The van der Waals surface area contributed by atoms with Gasteiger partial charge >= 0.3 is 11.9 Å². The minimum Gasteiger partial charge on any atom is -0.463 e. The van der Waals surface area contributed by atoms with Crippen molar-refractivity contribution in [3.8, 4) is 0 Å². The van der Waals surface area contributed by atoms with Gasteiger partial charge in [0.05, 0.1) is 12.0 Å². The summed E-state index contributed by atoms with van der Waals surface area (Å²) >= 11 is 5.80. The molecule has 0 spiro atoms. The molecule has 0 N–H and O–H groups in total. The Balaban J connectivity index is 1.93. The van der Waals surface area contributed by atoms with Gasteiger partial charge in [-0.25, -0.2) is 9.59 Å². The van der Waals surface area contributed by atoms with E-state index in [4.69, 9.17) is 20.8 Å². The van der Waals surface area contributed by atoms with E-state index in [1.54, 1.807) is 0 Å². The number of carbonyl (C=O) groups excluding carboxylic acids is 2. The summed E-state index contributed by atoms with van der Waals surface area (Å²) in [5, 5.41) is 0.651. The smallest absolute Gasteiger partial charge is 0.375 e. The van der Waals surface area contributed by atoms with Crippen LogP contribution in [0.2, 0.25) is 5.02 Å². The molecule has 3 rings (SSSR count). The van der Waals surface area contributed by atoms with Gasteiger partial charge in [0.1, 0.15) is 5.58 Å². The van der Waals surface area contributed by atoms with Crippen molar-refractivity contribution in [2.75, 3.05) is 6.61 Å². The Morgan fingerprint density at radius 2 is 2.10 bits per heavy atom. The maximum absolute atomic E-state index is 11.9. The van der Waals surface area contributed by atoms with Gasteiger partial charge < -0.3 is 13.9 Å². The van der Waals surface area contributed by atoms with Crippen molar-refractivity contribution in [3.05, 3.63) is 45.3 Å². The van der Waals surface area contributed by atoms with Crippen LogP contribution in [0.25, 0.3) is 11.0 Å². The number of cyclic esters (lactones) is 1. The molecule has 0 unspecified atom stereocenters. The third-order valence-corrected chi connectivity index (χ3v) is 3.26. The second-order valence-electron chi connectivity index (χ2n) is 4.47. The lowest BCUT2D eigenvalue weighted by atomic mass is 10.2. The molecule has 6 nitrogen and oxygen atoms in total. The van der Waals surface area contributed by atoms with Crippen LogP contribution in [-0.4, -0.2) is 24.6 Å². The molecule has 1 aromatic carbocycles. The van der Waals surface area contributed by atoms with Crippen LogP contribution in [0.4, 0.5) is 0 Å². The summed E-state index contributed by atoms with van der Waals surface area (Å²) in [6.07, 6.45) is -0.665. The zero-order valence-corrected chi connectivity index (χ0v) is 11.4. The number of carbonyl (C=O) groups is 2. The van der Waals surface area contributed by atoms with E-state index in [-0.39, 0.29) is 29.8 Å². The van der Waals surface area contributed by atoms with Gasteiger partial charge in [0.2, 0.25) is 11.9 Å². The maximum atomic E-state index is 11.9. The SMILES string of the molecule is O=C(O[C@@H]1CCOC1=O)c1cc(=O)c2cc(Cl)ccc2o1. The fourth-order valence-electron chi connectivity index (χ4n) is 2.00. The lowest BCUT2D eigenvalue weighted by Crippen LogP contribution is -2.23. The van der Waals surface area contributed by atoms with Gasteiger partial charge in [0.25, 0.3) is 0 Å². The zero-order valence-electron chi connectivity index (χ0n) is 10.6. The first-order valence-corrected chi connectivity index (χ1v) is 6.53. The van der Waals surface area contributed by atoms with Gasteiger partial charge in [0.15, 0.2) is 5.43 Å². The van der Waals surface area contributed by atoms with Gasteiger partial charge in [0, 0.05) is 17.5 Å². The Morgan fingerprint density at radius 3 is 2.81 bits per heavy atom. The molecule has 21 heavy (non-hydrogen) atoms. The van der Waals surface area contributed by atoms with Crippen LogP contribution in [-0.2, 0) is 14.3 Å². The number of rotatable bonds is 2. The van der Waals surface area contributed by atoms with E-state index in [0.717, 1.165) is 6.07 Å². The number of esters is 2. The van der Waals surface area contributed by atoms with E-state index in [1.807, 2.05) is 0 Å². The van der Waals surface area contributed by atoms with Crippen molar-refractivity contribution in [2.45, 2.75) is 12.5 Å². The van der Waals surface area contributed by atoms with E-state index >= 15 is 0 Å². The lowest BCUT2D eigenvalue weighted by Gasteiger charge is -2.08. The lowest BCUT2D eigenvalue weighted by molar-refractivity contribution is -0.145. The third-order valence-electron chi connectivity index (χ3n) is 3.03. The molecule has 1 atom stereocenters. The fraction of sp³-hybridized carbons (Fsp3) is 0.214. The number of halogens is 1. The van der Waals surface area contributed by atoms with Crippen LogP contribution in [0, 0.1) is 0 Å². The molecule has 1 saturated heterocycles. The van der Waals surface area contributed by atoms with Crippen molar-refractivity contribution >= 4 is 34.5 Å². The Labute approximate surface area is 123 Å². The number of hydrogen-bond donors (Lipinski definition) is 0. The average Bonchev–Trinajstić information content (AvgIpc) is 2.85. The summed E-state index contributed by atoms with van der Waals surface area (Å²) in [7, 11) is 0. The third kappa shape index (κ3) is 2.62. The first-order chi connectivity index (χ1) is 10.0. The molecule has 0 aliphatic carbocycles. The second-order valence-corrected chi connectivity index (χ2v) is 4.90. The molecule has 0 amide bonds. The van der Waals surface area contributed by atoms with Crippen molar-refractivity contribution in [2.24, 2.45) is 0 Å². The molecule has 0 radical (unpaired) electrons. The van der Waals surface area contributed by atoms with Crippen LogP contribution >= 0.6 is 11.6 Å². The average molecular weight is 309 g/mol. The maximum Gasteiger partial charge on any atom is 0.375 e. The molecule has 0 bridgehead atoms. The van der Waals surface area contributed by atoms with Crippen LogP contribution in [0.3, 0.4) is 0 Å². The molecule has 7 heteroatoms. The number of benzene rings is 1. The minimum absolute atomic E-state index is 0.205. The molecular weight excluding hydrogens is 300 g/mol. The molecular formula is C14H9ClO6. The quantitative estimate of drug-likeness (QED) is 0.788. The molecule has 1 aliphatic rings. The predicted molar refractivity (Wildman–Crippen MR) is 72.3 cm³/mol. The summed E-state index contributed by atoms with van der Waals surface area (Å²) < 4.78 is 15.0. The highest BCUT2D eigenvalue weighted by molar-refractivity contribution is 6.31. The van der Waals surface area contributed by atoms with Crippen LogP contribution in [0.5, 0.6) is 0 Å². The normalized spacial score (nSPS) is 17.8. The second kappa shape index (κ2) is 5.21. The largest absolute Gasteiger partial charge is 0.463 e. The van der Waals surface area contributed by atoms with Crippen molar-refractivity contribution < 1.29 is 23.5 Å². The summed E-state index contributed by atoms with van der Waals surface area (Å²) in [5.74, 6) is -1.75. The first kappa shape index (κ1) is 13.6. The van der Waals surface area contributed by atoms with Gasteiger partial charge in [-0.1, -0.05) is 11.6 Å². The standard InChI is InChI=1S/C14H9ClO6/c15-7-1-2-10-8(5-7)9(16)6-12(20-10)14(18)21-11-3-4-19-13(11)17/h1-2,5-6,11H,3-4H2/t11-/m1/s1. The van der Waals surface area contributed by atoms with Crippen LogP contribution in [0.1, 0.15) is 17.0 Å². The summed E-state index contributed by atoms with van der Waals surface area (Å²) in [5.41, 5.74) is -0.201. The van der Waals surface area contributed by atoms with Gasteiger partial charge in [-0.3, -0.25) is 4.79 Å². The monoisotopic (exact) mass is 308 g/mol. The molecule has 1 fully saturated rings. The summed E-state index contributed by atoms with van der Waals surface area (Å²) in [4.78, 5) is 35.1. The molecule has 1 aromatic heterocycles. The summed E-state index contributed by atoms with van der Waals surface area (Å²) in [6.45, 7) is 0.205. The van der Waals surface area contributed by atoms with Gasteiger partial charge in [-0.2, -0.15) is 0 Å². The van der Waals surface area contributed by atoms with Crippen molar-refractivity contribution in [3.63, 3.8) is 0 Å². The number of ether oxygens (including phenoxy) is 2. The zero-order chi connectivity index (χ0) is 15.0. The van der Waals surface area contributed by atoms with E-state index in [0.29, 0.717) is 5.02 Å². The molecule has 2 aromatic rings. The van der Waals surface area contributed by atoms with Gasteiger partial charge in [-0.15, -0.1) is 0 Å². The van der Waals surface area contributed by atoms with Crippen LogP contribution in [0.15, 0.2) is 33.5 Å². The molecule has 0 saturated carbocycles. The van der Waals surface area contributed by atoms with E-state index in [1.165, 1.54) is 18.2 Å². The Morgan fingerprint density at radius 1 is 1.29 bits per heavy atom. The highest BCUT2D eigenvalue weighted by Crippen LogP contribution is 2.19. The Hall–Kier alpha value is -2.34. The molecule has 108 valence electrons. The highest BCUT2D eigenvalue weighted by atomic mass is 35.5. The van der Waals surface area contributed by atoms with Crippen molar-refractivity contribution in [1.82, 2.24) is 0 Å². The minimum atomic E-state index is -0.955. The van der Waals surface area contributed by atoms with E-state index in [2.05, 4.69) is 4.74 Å². The molecule has 1 aliphatic heterocycles. The Kier molecular flexibility index (Phi) is 3.39. The summed E-state index contributed by atoms with van der Waals surface area (Å²) in [6, 6.07) is 5.49. The Bertz CT molecular complexity index is 794. The van der Waals surface area contributed by atoms with Crippen LogP contribution < -0.4 is 5.43 Å². The van der Waals surface area contributed by atoms with E-state index in [9.17, 15) is 14.4 Å². The predicted octanol–water partition coefficient (Wildman–Crippen LogP) is 1.92. The number of fused-ring (bicyclic) bond motifs is 1. The van der Waals surface area contributed by atoms with Gasteiger partial charge in [-0.05, 0) is 18.2 Å². The van der Waals surface area contributed by atoms with Crippen molar-refractivity contribution in [1.29, 1.82) is 0 Å². The van der Waals surface area contributed by atoms with E-state index < -0.39 is 23.5 Å². The fourth-order valence-corrected chi connectivity index (χ4v) is 2.17.